The standard InChI is InChI=1S/C17H23N5O2/c1-24-9-8-19-17(23)15-11-21(10-14-2-5-18-6-3-14)13-16-4-7-20-22(16)12-15/h2-7,15H,8-13H2,1H3,(H,19,23)/t15-/m0/s1. The summed E-state index contributed by atoms with van der Waals surface area (Å²) in [6, 6.07) is 6.04. The van der Waals surface area contributed by atoms with Gasteiger partial charge in [-0.25, -0.2) is 0 Å². The highest BCUT2D eigenvalue weighted by Crippen LogP contribution is 2.18. The molecule has 0 unspecified atom stereocenters. The lowest BCUT2D eigenvalue weighted by Crippen LogP contribution is -2.40. The molecule has 7 nitrogen and oxygen atoms in total. The number of rotatable bonds is 6. The molecule has 0 saturated heterocycles. The molecule has 0 bridgehead atoms. The van der Waals surface area contributed by atoms with Crippen molar-refractivity contribution in [1.29, 1.82) is 0 Å². The molecule has 0 saturated carbocycles. The quantitative estimate of drug-likeness (QED) is 0.789. The molecule has 1 N–H and O–H groups in total. The van der Waals surface area contributed by atoms with E-state index >= 15 is 0 Å². The largest absolute Gasteiger partial charge is 0.383 e. The molecule has 2 aromatic rings. The van der Waals surface area contributed by atoms with Crippen molar-refractivity contribution in [2.75, 3.05) is 26.8 Å². The van der Waals surface area contributed by atoms with E-state index in [2.05, 4.69) is 20.3 Å². The van der Waals surface area contributed by atoms with Gasteiger partial charge in [0.1, 0.15) is 0 Å². The first kappa shape index (κ1) is 16.6. The Kier molecular flexibility index (Phi) is 5.55. The Morgan fingerprint density at radius 1 is 1.29 bits per heavy atom. The third-order valence-electron chi connectivity index (χ3n) is 4.19. The summed E-state index contributed by atoms with van der Waals surface area (Å²) < 4.78 is 6.94. The molecular formula is C17H23N5O2. The van der Waals surface area contributed by atoms with E-state index < -0.39 is 0 Å². The molecule has 3 rings (SSSR count). The van der Waals surface area contributed by atoms with Gasteiger partial charge in [0.2, 0.25) is 5.91 Å². The fourth-order valence-corrected chi connectivity index (χ4v) is 2.98. The van der Waals surface area contributed by atoms with Gasteiger partial charge < -0.3 is 10.1 Å². The van der Waals surface area contributed by atoms with Gasteiger partial charge in [-0.2, -0.15) is 5.10 Å². The lowest BCUT2D eigenvalue weighted by Gasteiger charge is -2.23. The molecular weight excluding hydrogens is 306 g/mol. The van der Waals surface area contributed by atoms with Crippen LogP contribution in [0.2, 0.25) is 0 Å². The Hall–Kier alpha value is -2.25. The maximum atomic E-state index is 12.5. The van der Waals surface area contributed by atoms with Crippen molar-refractivity contribution in [3.63, 3.8) is 0 Å². The van der Waals surface area contributed by atoms with Crippen LogP contribution in [0.4, 0.5) is 0 Å². The number of nitrogens with one attached hydrogen (secondary N) is 1. The van der Waals surface area contributed by atoms with E-state index in [1.165, 1.54) is 5.56 Å². The van der Waals surface area contributed by atoms with E-state index in [0.29, 0.717) is 26.2 Å². The molecule has 0 aromatic carbocycles. The smallest absolute Gasteiger partial charge is 0.226 e. The molecule has 7 heteroatoms. The van der Waals surface area contributed by atoms with Crippen LogP contribution < -0.4 is 5.32 Å². The summed E-state index contributed by atoms with van der Waals surface area (Å²) in [5, 5.41) is 7.31. The Morgan fingerprint density at radius 2 is 2.12 bits per heavy atom. The highest BCUT2D eigenvalue weighted by Gasteiger charge is 2.27. The highest BCUT2D eigenvalue weighted by molar-refractivity contribution is 5.78. The Morgan fingerprint density at radius 3 is 2.92 bits per heavy atom. The number of amides is 1. The highest BCUT2D eigenvalue weighted by atomic mass is 16.5. The van der Waals surface area contributed by atoms with E-state index in [4.69, 9.17) is 4.74 Å². The summed E-state index contributed by atoms with van der Waals surface area (Å²) in [5.74, 6) is -0.0834. The lowest BCUT2D eigenvalue weighted by molar-refractivity contribution is -0.126. The maximum absolute atomic E-state index is 12.5. The van der Waals surface area contributed by atoms with Crippen LogP contribution >= 0.6 is 0 Å². The number of ether oxygens (including phenoxy) is 1. The molecule has 24 heavy (non-hydrogen) atoms. The first-order valence-corrected chi connectivity index (χ1v) is 8.15. The first-order valence-electron chi connectivity index (χ1n) is 8.15. The number of hydrogen-bond acceptors (Lipinski definition) is 5. The van der Waals surface area contributed by atoms with Crippen LogP contribution in [0.25, 0.3) is 0 Å². The summed E-state index contributed by atoms with van der Waals surface area (Å²) in [7, 11) is 1.63. The van der Waals surface area contributed by atoms with Crippen LogP contribution in [-0.2, 0) is 29.2 Å². The normalized spacial score (nSPS) is 18.0. The van der Waals surface area contributed by atoms with Crippen molar-refractivity contribution in [3.8, 4) is 0 Å². The van der Waals surface area contributed by atoms with Crippen molar-refractivity contribution in [3.05, 3.63) is 48.0 Å². The van der Waals surface area contributed by atoms with E-state index in [1.54, 1.807) is 25.7 Å². The lowest BCUT2D eigenvalue weighted by atomic mass is 10.1. The third kappa shape index (κ3) is 4.18. The number of pyridine rings is 1. The van der Waals surface area contributed by atoms with E-state index in [-0.39, 0.29) is 11.8 Å². The molecule has 1 aliphatic rings. The summed E-state index contributed by atoms with van der Waals surface area (Å²) in [6.45, 7) is 3.92. The van der Waals surface area contributed by atoms with Gasteiger partial charge in [0, 0.05) is 51.9 Å². The van der Waals surface area contributed by atoms with Gasteiger partial charge in [-0.05, 0) is 23.8 Å². The molecule has 1 atom stereocenters. The van der Waals surface area contributed by atoms with Gasteiger partial charge in [0.25, 0.3) is 0 Å². The molecule has 0 aliphatic carbocycles. The molecule has 0 radical (unpaired) electrons. The zero-order chi connectivity index (χ0) is 16.8. The number of aromatic nitrogens is 3. The summed E-state index contributed by atoms with van der Waals surface area (Å²) in [6.07, 6.45) is 5.39. The molecule has 1 amide bonds. The van der Waals surface area contributed by atoms with Gasteiger partial charge in [-0.1, -0.05) is 0 Å². The van der Waals surface area contributed by atoms with Crippen molar-refractivity contribution >= 4 is 5.91 Å². The van der Waals surface area contributed by atoms with Gasteiger partial charge >= 0.3 is 0 Å². The van der Waals surface area contributed by atoms with Crippen molar-refractivity contribution < 1.29 is 9.53 Å². The average molecular weight is 329 g/mol. The van der Waals surface area contributed by atoms with Crippen molar-refractivity contribution in [1.82, 2.24) is 25.0 Å². The van der Waals surface area contributed by atoms with Gasteiger partial charge in [0.05, 0.1) is 24.8 Å². The summed E-state index contributed by atoms with van der Waals surface area (Å²) in [4.78, 5) is 18.9. The minimum atomic E-state index is -0.134. The minimum absolute atomic E-state index is 0.0510. The number of fused-ring (bicyclic) bond motifs is 1. The SMILES string of the molecule is COCCNC(=O)[C@H]1CN(Cc2ccncc2)Cc2ccnn2C1. The predicted molar refractivity (Wildman–Crippen MR) is 89.0 cm³/mol. The Labute approximate surface area is 141 Å². The fraction of sp³-hybridized carbons (Fsp3) is 0.471. The van der Waals surface area contributed by atoms with Crippen LogP contribution in [0.3, 0.4) is 0 Å². The van der Waals surface area contributed by atoms with Crippen LogP contribution in [0.5, 0.6) is 0 Å². The topological polar surface area (TPSA) is 72.3 Å². The third-order valence-corrected chi connectivity index (χ3v) is 4.19. The van der Waals surface area contributed by atoms with Gasteiger partial charge in [-0.15, -0.1) is 0 Å². The fourth-order valence-electron chi connectivity index (χ4n) is 2.98. The zero-order valence-corrected chi connectivity index (χ0v) is 13.9. The number of carbonyl (C=O) groups excluding carboxylic acids is 1. The summed E-state index contributed by atoms with van der Waals surface area (Å²) in [5.41, 5.74) is 2.33. The predicted octanol–water partition coefficient (Wildman–Crippen LogP) is 0.673. The maximum Gasteiger partial charge on any atom is 0.226 e. The molecule has 2 aromatic heterocycles. The van der Waals surface area contributed by atoms with E-state index in [9.17, 15) is 4.79 Å². The zero-order valence-electron chi connectivity index (χ0n) is 13.9. The molecule has 3 heterocycles. The van der Waals surface area contributed by atoms with E-state index in [0.717, 1.165) is 18.8 Å². The number of carbonyl (C=O) groups is 1. The van der Waals surface area contributed by atoms with Crippen LogP contribution in [0.15, 0.2) is 36.8 Å². The first-order chi connectivity index (χ1) is 11.8. The van der Waals surface area contributed by atoms with Gasteiger partial charge in [0.15, 0.2) is 0 Å². The molecule has 0 fully saturated rings. The van der Waals surface area contributed by atoms with Crippen LogP contribution in [-0.4, -0.2) is 52.4 Å². The Bertz CT molecular complexity index is 658. The number of nitrogens with zero attached hydrogens (tertiary/aromatic N) is 4. The molecule has 0 spiro atoms. The van der Waals surface area contributed by atoms with Crippen LogP contribution in [0.1, 0.15) is 11.3 Å². The molecule has 128 valence electrons. The average Bonchev–Trinajstić information content (AvgIpc) is 2.94. The van der Waals surface area contributed by atoms with Gasteiger partial charge in [-0.3, -0.25) is 19.4 Å². The number of methoxy groups -OCH3 is 1. The molecule has 1 aliphatic heterocycles. The van der Waals surface area contributed by atoms with Crippen LogP contribution in [0, 0.1) is 5.92 Å². The second-order valence-corrected chi connectivity index (χ2v) is 6.01. The second kappa shape index (κ2) is 8.03. The number of hydrogen-bond donors (Lipinski definition) is 1. The minimum Gasteiger partial charge on any atom is -0.383 e. The van der Waals surface area contributed by atoms with E-state index in [1.807, 2.05) is 22.9 Å². The Balaban J connectivity index is 1.71. The van der Waals surface area contributed by atoms with Crippen molar-refractivity contribution in [2.45, 2.75) is 19.6 Å². The van der Waals surface area contributed by atoms with Crippen molar-refractivity contribution in [2.24, 2.45) is 5.92 Å². The monoisotopic (exact) mass is 329 g/mol. The second-order valence-electron chi connectivity index (χ2n) is 6.01. The summed E-state index contributed by atoms with van der Waals surface area (Å²) >= 11 is 0.